The average molecular weight is 442 g/mol. The van der Waals surface area contributed by atoms with E-state index < -0.39 is 36.6 Å². The van der Waals surface area contributed by atoms with Crippen LogP contribution < -0.4 is 10.7 Å². The summed E-state index contributed by atoms with van der Waals surface area (Å²) in [4.78, 5) is 39.6. The number of carbonyl (C=O) groups excluding carboxylic acids is 2. The summed E-state index contributed by atoms with van der Waals surface area (Å²) in [6.45, 7) is -0.636. The molecule has 32 heavy (non-hydrogen) atoms. The van der Waals surface area contributed by atoms with Crippen LogP contribution in [0.5, 0.6) is 0 Å². The van der Waals surface area contributed by atoms with Gasteiger partial charge >= 0.3 is 11.7 Å². The van der Waals surface area contributed by atoms with Gasteiger partial charge in [0, 0.05) is 38.9 Å². The Morgan fingerprint density at radius 2 is 1.72 bits per heavy atom. The number of ether oxygens (including phenoxy) is 1. The average Bonchev–Trinajstić information content (AvgIpc) is 3.12. The van der Waals surface area contributed by atoms with E-state index in [0.29, 0.717) is 12.1 Å². The second kappa shape index (κ2) is 9.90. The number of halogens is 1. The summed E-state index contributed by atoms with van der Waals surface area (Å²) in [5, 5.41) is 3.90. The van der Waals surface area contributed by atoms with Gasteiger partial charge in [0.05, 0.1) is 0 Å². The SMILES string of the molecule is CN(Cc1ccc(N(C)C)cc1)C(=O)COC(=O)Cn1nc(-c2ccc(F)cc2)oc1=O. The third-order valence-corrected chi connectivity index (χ3v) is 4.63. The molecule has 10 heteroatoms. The summed E-state index contributed by atoms with van der Waals surface area (Å²) >= 11 is 0. The number of amides is 1. The molecule has 1 amide bonds. The molecule has 0 saturated heterocycles. The van der Waals surface area contributed by atoms with Crippen LogP contribution in [0.25, 0.3) is 11.5 Å². The van der Waals surface area contributed by atoms with Crippen molar-refractivity contribution in [1.29, 1.82) is 0 Å². The normalized spacial score (nSPS) is 10.6. The molecule has 0 radical (unpaired) electrons. The van der Waals surface area contributed by atoms with Crippen molar-refractivity contribution in [2.24, 2.45) is 0 Å². The lowest BCUT2D eigenvalue weighted by atomic mass is 10.2. The molecular weight excluding hydrogens is 419 g/mol. The van der Waals surface area contributed by atoms with Gasteiger partial charge in [-0.05, 0) is 42.0 Å². The highest BCUT2D eigenvalue weighted by molar-refractivity contribution is 5.80. The van der Waals surface area contributed by atoms with Gasteiger partial charge in [-0.2, -0.15) is 4.68 Å². The van der Waals surface area contributed by atoms with Crippen molar-refractivity contribution in [2.45, 2.75) is 13.1 Å². The number of hydrogen-bond donors (Lipinski definition) is 0. The Kier molecular flexibility index (Phi) is 7.04. The van der Waals surface area contributed by atoms with Crippen LogP contribution in [0.3, 0.4) is 0 Å². The van der Waals surface area contributed by atoms with Crippen molar-refractivity contribution < 1.29 is 23.1 Å². The highest BCUT2D eigenvalue weighted by atomic mass is 19.1. The molecule has 0 saturated carbocycles. The van der Waals surface area contributed by atoms with Crippen LogP contribution in [-0.4, -0.2) is 54.3 Å². The molecule has 2 aromatic carbocycles. The number of hydrogen-bond acceptors (Lipinski definition) is 7. The minimum atomic E-state index is -0.870. The van der Waals surface area contributed by atoms with E-state index in [-0.39, 0.29) is 5.89 Å². The Morgan fingerprint density at radius 3 is 2.34 bits per heavy atom. The first kappa shape index (κ1) is 22.7. The fourth-order valence-corrected chi connectivity index (χ4v) is 2.80. The van der Waals surface area contributed by atoms with E-state index in [2.05, 4.69) is 5.10 Å². The van der Waals surface area contributed by atoms with Crippen LogP contribution in [0.2, 0.25) is 0 Å². The van der Waals surface area contributed by atoms with Crippen molar-refractivity contribution in [2.75, 3.05) is 32.6 Å². The molecule has 0 unspecified atom stereocenters. The van der Waals surface area contributed by atoms with E-state index in [1.165, 1.54) is 29.2 Å². The Balaban J connectivity index is 1.51. The third-order valence-electron chi connectivity index (χ3n) is 4.63. The highest BCUT2D eigenvalue weighted by Crippen LogP contribution is 2.16. The van der Waals surface area contributed by atoms with Gasteiger partial charge in [0.2, 0.25) is 5.89 Å². The highest BCUT2D eigenvalue weighted by Gasteiger charge is 2.17. The second-order valence-electron chi connectivity index (χ2n) is 7.31. The predicted octanol–water partition coefficient (Wildman–Crippen LogP) is 1.91. The molecule has 3 aromatic rings. The van der Waals surface area contributed by atoms with Crippen molar-refractivity contribution in [3.8, 4) is 11.5 Å². The first-order valence-electron chi connectivity index (χ1n) is 9.72. The van der Waals surface area contributed by atoms with Gasteiger partial charge in [-0.15, -0.1) is 5.10 Å². The fraction of sp³-hybridized carbons (Fsp3) is 0.273. The number of rotatable bonds is 8. The monoisotopic (exact) mass is 442 g/mol. The molecule has 0 aliphatic heterocycles. The molecule has 0 aliphatic carbocycles. The zero-order valence-electron chi connectivity index (χ0n) is 17.9. The van der Waals surface area contributed by atoms with Crippen LogP contribution in [-0.2, 0) is 27.4 Å². The molecule has 1 aromatic heterocycles. The quantitative estimate of drug-likeness (QED) is 0.492. The van der Waals surface area contributed by atoms with Crippen LogP contribution in [0, 0.1) is 5.82 Å². The largest absolute Gasteiger partial charge is 0.454 e. The topological polar surface area (TPSA) is 97.9 Å². The zero-order valence-corrected chi connectivity index (χ0v) is 17.9. The maximum atomic E-state index is 13.0. The maximum Gasteiger partial charge on any atom is 0.437 e. The molecular formula is C22H23FN4O5. The van der Waals surface area contributed by atoms with Crippen LogP contribution >= 0.6 is 0 Å². The molecule has 9 nitrogen and oxygen atoms in total. The molecule has 0 bridgehead atoms. The van der Waals surface area contributed by atoms with E-state index in [0.717, 1.165) is 15.9 Å². The second-order valence-corrected chi connectivity index (χ2v) is 7.31. The number of aromatic nitrogens is 2. The lowest BCUT2D eigenvalue weighted by molar-refractivity contribution is -0.152. The van der Waals surface area contributed by atoms with Gasteiger partial charge in [-0.3, -0.25) is 9.59 Å². The number of esters is 1. The van der Waals surface area contributed by atoms with Crippen molar-refractivity contribution >= 4 is 17.6 Å². The smallest absolute Gasteiger partial charge is 0.437 e. The molecule has 0 atom stereocenters. The molecule has 0 aliphatic rings. The lowest BCUT2D eigenvalue weighted by Gasteiger charge is -2.18. The van der Waals surface area contributed by atoms with Gasteiger partial charge in [-0.1, -0.05) is 12.1 Å². The summed E-state index contributed by atoms with van der Waals surface area (Å²) in [6, 6.07) is 12.9. The molecule has 0 N–H and O–H groups in total. The van der Waals surface area contributed by atoms with Crippen molar-refractivity contribution in [3.63, 3.8) is 0 Å². The summed E-state index contributed by atoms with van der Waals surface area (Å²) in [7, 11) is 5.48. The zero-order chi connectivity index (χ0) is 23.3. The summed E-state index contributed by atoms with van der Waals surface area (Å²) in [6.07, 6.45) is 0. The molecule has 3 rings (SSSR count). The Bertz CT molecular complexity index is 1140. The summed E-state index contributed by atoms with van der Waals surface area (Å²) < 4.78 is 23.8. The number of benzene rings is 2. The minimum Gasteiger partial charge on any atom is -0.454 e. The molecule has 1 heterocycles. The summed E-state index contributed by atoms with van der Waals surface area (Å²) in [5.41, 5.74) is 2.36. The number of carbonyl (C=O) groups is 2. The molecule has 0 fully saturated rings. The van der Waals surface area contributed by atoms with E-state index in [1.54, 1.807) is 7.05 Å². The van der Waals surface area contributed by atoms with Crippen molar-refractivity contribution in [1.82, 2.24) is 14.7 Å². The Labute approximate surface area is 183 Å². The maximum absolute atomic E-state index is 13.0. The van der Waals surface area contributed by atoms with Gasteiger partial charge in [0.1, 0.15) is 12.4 Å². The van der Waals surface area contributed by atoms with Gasteiger partial charge in [0.25, 0.3) is 5.91 Å². The van der Waals surface area contributed by atoms with E-state index in [9.17, 15) is 18.8 Å². The standard InChI is InChI=1S/C22H23FN4O5/c1-25(2)18-10-4-15(5-11-18)12-26(3)19(28)14-31-20(29)13-27-22(30)32-21(24-27)16-6-8-17(23)9-7-16/h4-11H,12-14H2,1-3H3. The first-order chi connectivity index (χ1) is 15.2. The van der Waals surface area contributed by atoms with Gasteiger partial charge in [-0.25, -0.2) is 9.18 Å². The molecule has 0 spiro atoms. The number of nitrogens with zero attached hydrogens (tertiary/aromatic N) is 4. The van der Waals surface area contributed by atoms with Crippen LogP contribution in [0.4, 0.5) is 10.1 Å². The lowest BCUT2D eigenvalue weighted by Crippen LogP contribution is -2.32. The number of anilines is 1. The predicted molar refractivity (Wildman–Crippen MR) is 114 cm³/mol. The van der Waals surface area contributed by atoms with Gasteiger partial charge in [0.15, 0.2) is 6.61 Å². The van der Waals surface area contributed by atoms with Crippen LogP contribution in [0.15, 0.2) is 57.7 Å². The minimum absolute atomic E-state index is 0.0566. The Morgan fingerprint density at radius 1 is 1.06 bits per heavy atom. The van der Waals surface area contributed by atoms with E-state index >= 15 is 0 Å². The fourth-order valence-electron chi connectivity index (χ4n) is 2.80. The Hall–Kier alpha value is -3.95. The third kappa shape index (κ3) is 5.81. The molecule has 168 valence electrons. The number of likely N-dealkylation sites (N-methyl/N-ethyl adjacent to an activating group) is 1. The van der Waals surface area contributed by atoms with Crippen LogP contribution in [0.1, 0.15) is 5.56 Å². The van der Waals surface area contributed by atoms with E-state index in [4.69, 9.17) is 9.15 Å². The van der Waals surface area contributed by atoms with Gasteiger partial charge < -0.3 is 19.0 Å². The van der Waals surface area contributed by atoms with Crippen molar-refractivity contribution in [3.05, 3.63) is 70.5 Å². The van der Waals surface area contributed by atoms with E-state index in [1.807, 2.05) is 43.3 Å². The summed E-state index contributed by atoms with van der Waals surface area (Å²) in [5.74, 6) is -2.58. The first-order valence-corrected chi connectivity index (χ1v) is 9.72.